The number of nitrogens with zero attached hydrogens (tertiary/aromatic N) is 2. The summed E-state index contributed by atoms with van der Waals surface area (Å²) >= 11 is 0. The topological polar surface area (TPSA) is 87.7 Å². The number of benzene rings is 2. The maximum atomic E-state index is 13.4. The van der Waals surface area contributed by atoms with Gasteiger partial charge in [0.15, 0.2) is 11.5 Å². The molecule has 1 aliphatic rings. The van der Waals surface area contributed by atoms with Gasteiger partial charge in [-0.2, -0.15) is 5.10 Å². The standard InChI is InChI=1S/C25H29N3O4/c1-4-6-7-14-28-24(17-10-13-19(29)20(15-17)32-5-2)21-22(26-27-23(21)25(28)30)16-8-11-18(31-3)12-9-16/h8-13,15,24,29H,4-7,14H2,1-3H3,(H,26,27). The number of unbranched alkanes of at least 4 members (excludes halogenated alkanes) is 2. The molecule has 0 spiro atoms. The first-order valence-corrected chi connectivity index (χ1v) is 11.1. The smallest absolute Gasteiger partial charge is 0.273 e. The van der Waals surface area contributed by atoms with Gasteiger partial charge in [0, 0.05) is 17.7 Å². The number of phenolic OH excluding ortho intramolecular Hbond substituents is 1. The highest BCUT2D eigenvalue weighted by Gasteiger charge is 2.42. The second kappa shape index (κ2) is 9.34. The Balaban J connectivity index is 1.81. The first-order valence-electron chi connectivity index (χ1n) is 11.1. The minimum Gasteiger partial charge on any atom is -0.504 e. The van der Waals surface area contributed by atoms with E-state index in [1.54, 1.807) is 13.2 Å². The maximum Gasteiger partial charge on any atom is 0.273 e. The number of hydrogen-bond donors (Lipinski definition) is 2. The van der Waals surface area contributed by atoms with Crippen LogP contribution in [0.3, 0.4) is 0 Å². The third-order valence-corrected chi connectivity index (χ3v) is 5.83. The fraction of sp³-hybridized carbons (Fsp3) is 0.360. The van der Waals surface area contributed by atoms with Crippen LogP contribution in [-0.4, -0.2) is 46.4 Å². The summed E-state index contributed by atoms with van der Waals surface area (Å²) in [7, 11) is 1.63. The van der Waals surface area contributed by atoms with Gasteiger partial charge in [-0.05, 0) is 55.3 Å². The number of aromatic hydroxyl groups is 1. The van der Waals surface area contributed by atoms with Crippen molar-refractivity contribution in [3.05, 3.63) is 59.3 Å². The normalized spacial score (nSPS) is 15.2. The molecule has 0 radical (unpaired) electrons. The van der Waals surface area contributed by atoms with Crippen LogP contribution in [0.1, 0.15) is 60.8 Å². The molecule has 4 rings (SSSR count). The van der Waals surface area contributed by atoms with Crippen molar-refractivity contribution >= 4 is 5.91 Å². The van der Waals surface area contributed by atoms with Gasteiger partial charge < -0.3 is 19.5 Å². The van der Waals surface area contributed by atoms with Crippen LogP contribution in [0, 0.1) is 0 Å². The summed E-state index contributed by atoms with van der Waals surface area (Å²) in [6, 6.07) is 12.6. The molecule has 1 unspecified atom stereocenters. The highest BCUT2D eigenvalue weighted by Crippen LogP contribution is 2.44. The van der Waals surface area contributed by atoms with E-state index in [0.717, 1.165) is 47.4 Å². The summed E-state index contributed by atoms with van der Waals surface area (Å²) in [6.07, 6.45) is 3.04. The fourth-order valence-corrected chi connectivity index (χ4v) is 4.25. The molecule has 0 aliphatic carbocycles. The van der Waals surface area contributed by atoms with Crippen LogP contribution in [0.4, 0.5) is 0 Å². The zero-order chi connectivity index (χ0) is 22.7. The van der Waals surface area contributed by atoms with E-state index in [2.05, 4.69) is 17.1 Å². The van der Waals surface area contributed by atoms with E-state index in [-0.39, 0.29) is 17.7 Å². The molecule has 7 nitrogen and oxygen atoms in total. The number of methoxy groups -OCH3 is 1. The summed E-state index contributed by atoms with van der Waals surface area (Å²) in [4.78, 5) is 15.2. The molecule has 2 N–H and O–H groups in total. The van der Waals surface area contributed by atoms with Crippen molar-refractivity contribution in [1.29, 1.82) is 0 Å². The van der Waals surface area contributed by atoms with Crippen LogP contribution in [0.25, 0.3) is 11.3 Å². The molecule has 0 bridgehead atoms. The largest absolute Gasteiger partial charge is 0.504 e. The van der Waals surface area contributed by atoms with Crippen molar-refractivity contribution in [2.75, 3.05) is 20.3 Å². The molecule has 0 saturated heterocycles. The Labute approximate surface area is 188 Å². The SMILES string of the molecule is CCCCCN1C(=O)c2[nH]nc(-c3ccc(OC)cc3)c2C1c1ccc(O)c(OCC)c1. The van der Waals surface area contributed by atoms with Gasteiger partial charge in [0.25, 0.3) is 5.91 Å². The lowest BCUT2D eigenvalue weighted by molar-refractivity contribution is 0.0740. The number of ether oxygens (including phenoxy) is 2. The molecule has 2 aromatic carbocycles. The molecule has 0 saturated carbocycles. The molecule has 1 amide bonds. The molecule has 3 aromatic rings. The molecule has 1 aromatic heterocycles. The molecular formula is C25H29N3O4. The quantitative estimate of drug-likeness (QED) is 0.466. The van der Waals surface area contributed by atoms with Crippen LogP contribution in [0.15, 0.2) is 42.5 Å². The minimum absolute atomic E-state index is 0.0561. The lowest BCUT2D eigenvalue weighted by atomic mass is 9.95. The predicted octanol–water partition coefficient (Wildman–Crippen LogP) is 4.93. The summed E-state index contributed by atoms with van der Waals surface area (Å²) in [6.45, 7) is 5.10. The lowest BCUT2D eigenvalue weighted by Crippen LogP contribution is -2.30. The number of fused-ring (bicyclic) bond motifs is 1. The summed E-state index contributed by atoms with van der Waals surface area (Å²) in [5.41, 5.74) is 3.89. The van der Waals surface area contributed by atoms with Crippen molar-refractivity contribution in [3.63, 3.8) is 0 Å². The fourth-order valence-electron chi connectivity index (χ4n) is 4.25. The van der Waals surface area contributed by atoms with Gasteiger partial charge in [-0.15, -0.1) is 0 Å². The van der Waals surface area contributed by atoms with Gasteiger partial charge in [0.05, 0.1) is 25.5 Å². The Morgan fingerprint density at radius 2 is 1.91 bits per heavy atom. The van der Waals surface area contributed by atoms with E-state index in [0.29, 0.717) is 24.6 Å². The first-order chi connectivity index (χ1) is 15.6. The number of carbonyl (C=O) groups excluding carboxylic acids is 1. The number of hydrogen-bond acceptors (Lipinski definition) is 5. The van der Waals surface area contributed by atoms with Gasteiger partial charge >= 0.3 is 0 Å². The minimum atomic E-state index is -0.315. The summed E-state index contributed by atoms with van der Waals surface area (Å²) in [5, 5.41) is 17.7. The third kappa shape index (κ3) is 3.90. The molecule has 1 aliphatic heterocycles. The number of phenols is 1. The van der Waals surface area contributed by atoms with Crippen molar-refractivity contribution < 1.29 is 19.4 Å². The van der Waals surface area contributed by atoms with E-state index >= 15 is 0 Å². The van der Waals surface area contributed by atoms with Crippen LogP contribution in [-0.2, 0) is 0 Å². The first kappa shape index (κ1) is 21.7. The van der Waals surface area contributed by atoms with Gasteiger partial charge in [0.1, 0.15) is 11.4 Å². The second-order valence-corrected chi connectivity index (χ2v) is 7.86. The van der Waals surface area contributed by atoms with Gasteiger partial charge in [-0.1, -0.05) is 25.8 Å². The number of aromatic amines is 1. The summed E-state index contributed by atoms with van der Waals surface area (Å²) < 4.78 is 10.9. The number of rotatable bonds is 9. The molecule has 1 atom stereocenters. The molecule has 32 heavy (non-hydrogen) atoms. The predicted molar refractivity (Wildman–Crippen MR) is 122 cm³/mol. The van der Waals surface area contributed by atoms with Crippen LogP contribution in [0.2, 0.25) is 0 Å². The van der Waals surface area contributed by atoms with E-state index in [1.165, 1.54) is 0 Å². The van der Waals surface area contributed by atoms with E-state index in [4.69, 9.17) is 9.47 Å². The van der Waals surface area contributed by atoms with Gasteiger partial charge in [-0.3, -0.25) is 9.89 Å². The molecular weight excluding hydrogens is 406 g/mol. The number of H-pyrrole nitrogens is 1. The van der Waals surface area contributed by atoms with E-state index < -0.39 is 0 Å². The van der Waals surface area contributed by atoms with Crippen molar-refractivity contribution in [3.8, 4) is 28.5 Å². The molecule has 0 fully saturated rings. The zero-order valence-corrected chi connectivity index (χ0v) is 18.7. The van der Waals surface area contributed by atoms with Gasteiger partial charge in [0.2, 0.25) is 0 Å². The Bertz CT molecular complexity index is 1090. The van der Waals surface area contributed by atoms with Crippen LogP contribution in [0.5, 0.6) is 17.2 Å². The Kier molecular flexibility index (Phi) is 6.35. The molecule has 168 valence electrons. The lowest BCUT2D eigenvalue weighted by Gasteiger charge is -2.27. The van der Waals surface area contributed by atoms with Crippen molar-refractivity contribution in [2.45, 2.75) is 39.2 Å². The maximum absolute atomic E-state index is 13.4. The average molecular weight is 436 g/mol. The Morgan fingerprint density at radius 3 is 2.59 bits per heavy atom. The number of aromatic nitrogens is 2. The number of carbonyl (C=O) groups is 1. The second-order valence-electron chi connectivity index (χ2n) is 7.86. The van der Waals surface area contributed by atoms with Crippen LogP contribution < -0.4 is 9.47 Å². The Hall–Kier alpha value is -3.48. The molecule has 2 heterocycles. The number of nitrogens with one attached hydrogen (secondary N) is 1. The molecule has 7 heteroatoms. The van der Waals surface area contributed by atoms with Gasteiger partial charge in [-0.25, -0.2) is 0 Å². The highest BCUT2D eigenvalue weighted by molar-refractivity contribution is 6.00. The summed E-state index contributed by atoms with van der Waals surface area (Å²) in [5.74, 6) is 1.20. The number of amides is 1. The monoisotopic (exact) mass is 435 g/mol. The van der Waals surface area contributed by atoms with Crippen LogP contribution >= 0.6 is 0 Å². The van der Waals surface area contributed by atoms with Crippen molar-refractivity contribution in [1.82, 2.24) is 15.1 Å². The zero-order valence-electron chi connectivity index (χ0n) is 18.7. The third-order valence-electron chi connectivity index (χ3n) is 5.83. The Morgan fingerprint density at radius 1 is 1.12 bits per heavy atom. The average Bonchev–Trinajstić information content (AvgIpc) is 3.35. The van der Waals surface area contributed by atoms with E-state index in [1.807, 2.05) is 48.2 Å². The van der Waals surface area contributed by atoms with Crippen molar-refractivity contribution in [2.24, 2.45) is 0 Å². The van der Waals surface area contributed by atoms with E-state index in [9.17, 15) is 9.90 Å². The highest BCUT2D eigenvalue weighted by atomic mass is 16.5.